The maximum Gasteiger partial charge on any atom is 0.338 e. The zero-order valence-corrected chi connectivity index (χ0v) is 11.7. The summed E-state index contributed by atoms with van der Waals surface area (Å²) in [6.07, 6.45) is 4.76. The fourth-order valence-corrected chi connectivity index (χ4v) is 1.34. The molecule has 110 valence electrons. The molecule has 1 aromatic carbocycles. The third-order valence-corrected chi connectivity index (χ3v) is 2.27. The molecule has 0 aliphatic rings. The van der Waals surface area contributed by atoms with Crippen molar-refractivity contribution in [2.45, 2.75) is 6.92 Å². The minimum atomic E-state index is -0.574. The number of esters is 2. The lowest BCUT2D eigenvalue weighted by Gasteiger charge is -2.00. The molecule has 0 N–H and O–H groups in total. The summed E-state index contributed by atoms with van der Waals surface area (Å²) in [6.45, 7) is 1.91. The van der Waals surface area contributed by atoms with Crippen LogP contribution < -0.4 is 0 Å². The van der Waals surface area contributed by atoms with Crippen LogP contribution in [0, 0.1) is 0 Å². The number of hydrogen-bond donors (Lipinski definition) is 0. The molecule has 5 heteroatoms. The highest BCUT2D eigenvalue weighted by Crippen LogP contribution is 2.00. The standard InChI is InChI=1S/C16H16O5/c1-2-20-15(18)11-10-14(17)9-6-12-21-16(19)13-7-4-3-5-8-13/h3-11H,2,12H2,1H3/b9-6+,11-10-. The molecule has 0 unspecified atom stereocenters. The van der Waals surface area contributed by atoms with Gasteiger partial charge in [-0.3, -0.25) is 4.79 Å². The molecule has 0 heterocycles. The van der Waals surface area contributed by atoms with Crippen LogP contribution in [-0.2, 0) is 19.1 Å². The van der Waals surface area contributed by atoms with Gasteiger partial charge in [-0.05, 0) is 37.3 Å². The molecule has 0 bridgehead atoms. The van der Waals surface area contributed by atoms with Crippen LogP contribution in [0.2, 0.25) is 0 Å². The summed E-state index contributed by atoms with van der Waals surface area (Å²) in [5.41, 5.74) is 0.444. The Morgan fingerprint density at radius 2 is 1.71 bits per heavy atom. The van der Waals surface area contributed by atoms with Crippen molar-refractivity contribution in [2.75, 3.05) is 13.2 Å². The molecule has 0 radical (unpaired) electrons. The van der Waals surface area contributed by atoms with Gasteiger partial charge < -0.3 is 9.47 Å². The van der Waals surface area contributed by atoms with Gasteiger partial charge in [-0.1, -0.05) is 18.2 Å². The second-order valence-corrected chi connectivity index (χ2v) is 3.85. The van der Waals surface area contributed by atoms with Crippen molar-refractivity contribution >= 4 is 17.7 Å². The summed E-state index contributed by atoms with van der Waals surface area (Å²) in [7, 11) is 0. The lowest BCUT2D eigenvalue weighted by molar-refractivity contribution is -0.137. The van der Waals surface area contributed by atoms with Gasteiger partial charge in [0.2, 0.25) is 0 Å². The molecule has 0 spiro atoms. The summed E-state index contributed by atoms with van der Waals surface area (Å²) >= 11 is 0. The van der Waals surface area contributed by atoms with E-state index in [2.05, 4.69) is 4.74 Å². The Morgan fingerprint density at radius 1 is 1.00 bits per heavy atom. The molecular weight excluding hydrogens is 272 g/mol. The summed E-state index contributed by atoms with van der Waals surface area (Å²) in [4.78, 5) is 33.9. The predicted octanol–water partition coefficient (Wildman–Crippen LogP) is 2.09. The quantitative estimate of drug-likeness (QED) is 0.567. The van der Waals surface area contributed by atoms with Crippen LogP contribution >= 0.6 is 0 Å². The maximum absolute atomic E-state index is 11.6. The number of ketones is 1. The first-order valence-corrected chi connectivity index (χ1v) is 6.41. The third kappa shape index (κ3) is 6.87. The molecule has 0 saturated carbocycles. The molecule has 5 nitrogen and oxygen atoms in total. The third-order valence-electron chi connectivity index (χ3n) is 2.27. The topological polar surface area (TPSA) is 69.7 Å². The molecule has 0 aliphatic carbocycles. The Morgan fingerprint density at radius 3 is 2.38 bits per heavy atom. The molecule has 21 heavy (non-hydrogen) atoms. The molecule has 0 aliphatic heterocycles. The van der Waals surface area contributed by atoms with Gasteiger partial charge in [-0.2, -0.15) is 0 Å². The number of rotatable bonds is 7. The SMILES string of the molecule is CCOC(=O)/C=C\C(=O)/C=C/COC(=O)c1ccccc1. The van der Waals surface area contributed by atoms with E-state index < -0.39 is 11.9 Å². The van der Waals surface area contributed by atoms with E-state index in [9.17, 15) is 14.4 Å². The van der Waals surface area contributed by atoms with Crippen molar-refractivity contribution in [3.63, 3.8) is 0 Å². The number of carbonyl (C=O) groups excluding carboxylic acids is 3. The fraction of sp³-hybridized carbons (Fsp3) is 0.188. The average molecular weight is 288 g/mol. The van der Waals surface area contributed by atoms with E-state index in [1.165, 1.54) is 12.2 Å². The largest absolute Gasteiger partial charge is 0.463 e. The summed E-state index contributed by atoms with van der Waals surface area (Å²) in [5, 5.41) is 0. The highest BCUT2D eigenvalue weighted by Gasteiger charge is 2.03. The molecule has 1 rings (SSSR count). The number of benzene rings is 1. The smallest absolute Gasteiger partial charge is 0.338 e. The van der Waals surface area contributed by atoms with E-state index in [1.54, 1.807) is 37.3 Å². The van der Waals surface area contributed by atoms with Crippen LogP contribution in [0.4, 0.5) is 0 Å². The van der Waals surface area contributed by atoms with Crippen molar-refractivity contribution < 1.29 is 23.9 Å². The molecule has 0 fully saturated rings. The summed E-state index contributed by atoms with van der Waals surface area (Å²) in [5.74, 6) is -1.43. The molecule has 0 aromatic heterocycles. The van der Waals surface area contributed by atoms with Gasteiger partial charge in [0.15, 0.2) is 5.78 Å². The minimum Gasteiger partial charge on any atom is -0.463 e. The predicted molar refractivity (Wildman–Crippen MR) is 76.6 cm³/mol. The Labute approximate surface area is 122 Å². The van der Waals surface area contributed by atoms with Crippen molar-refractivity contribution in [1.29, 1.82) is 0 Å². The van der Waals surface area contributed by atoms with Crippen molar-refractivity contribution in [3.05, 3.63) is 60.2 Å². The summed E-state index contributed by atoms with van der Waals surface area (Å²) in [6, 6.07) is 8.54. The van der Waals surface area contributed by atoms with Gasteiger partial charge in [-0.15, -0.1) is 0 Å². The normalized spacial score (nSPS) is 10.7. The van der Waals surface area contributed by atoms with E-state index >= 15 is 0 Å². The van der Waals surface area contributed by atoms with Gasteiger partial charge in [0.25, 0.3) is 0 Å². The first kappa shape index (κ1) is 16.4. The highest BCUT2D eigenvalue weighted by molar-refractivity contribution is 6.02. The van der Waals surface area contributed by atoms with Gasteiger partial charge in [0, 0.05) is 6.08 Å². The fourth-order valence-electron chi connectivity index (χ4n) is 1.34. The molecular formula is C16H16O5. The molecule has 0 atom stereocenters. The first-order chi connectivity index (χ1) is 10.1. The summed E-state index contributed by atoms with van der Waals surface area (Å²) < 4.78 is 9.58. The Balaban J connectivity index is 2.33. The number of allylic oxidation sites excluding steroid dienone is 2. The van der Waals surface area contributed by atoms with Crippen LogP contribution in [0.25, 0.3) is 0 Å². The Kier molecular flexibility index (Phi) is 7.21. The van der Waals surface area contributed by atoms with Gasteiger partial charge in [0.05, 0.1) is 12.2 Å². The van der Waals surface area contributed by atoms with Crippen LogP contribution in [0.15, 0.2) is 54.6 Å². The second kappa shape index (κ2) is 9.25. The van der Waals surface area contributed by atoms with Crippen molar-refractivity contribution in [3.8, 4) is 0 Å². The van der Waals surface area contributed by atoms with Crippen LogP contribution in [0.3, 0.4) is 0 Å². The zero-order valence-electron chi connectivity index (χ0n) is 11.7. The number of hydrogen-bond acceptors (Lipinski definition) is 5. The monoisotopic (exact) mass is 288 g/mol. The van der Waals surface area contributed by atoms with E-state index in [1.807, 2.05) is 0 Å². The maximum atomic E-state index is 11.6. The molecule has 0 amide bonds. The van der Waals surface area contributed by atoms with Crippen LogP contribution in [-0.4, -0.2) is 30.9 Å². The minimum absolute atomic E-state index is 0.0211. The lowest BCUT2D eigenvalue weighted by Crippen LogP contribution is -2.05. The number of ether oxygens (including phenoxy) is 2. The highest BCUT2D eigenvalue weighted by atomic mass is 16.5. The number of carbonyl (C=O) groups is 3. The van der Waals surface area contributed by atoms with E-state index in [0.29, 0.717) is 5.56 Å². The second-order valence-electron chi connectivity index (χ2n) is 3.85. The van der Waals surface area contributed by atoms with Gasteiger partial charge in [-0.25, -0.2) is 9.59 Å². The van der Waals surface area contributed by atoms with Crippen molar-refractivity contribution in [1.82, 2.24) is 0 Å². The molecule has 1 aromatic rings. The van der Waals surface area contributed by atoms with E-state index in [0.717, 1.165) is 12.2 Å². The van der Waals surface area contributed by atoms with Crippen LogP contribution in [0.5, 0.6) is 0 Å². The lowest BCUT2D eigenvalue weighted by atomic mass is 10.2. The first-order valence-electron chi connectivity index (χ1n) is 6.41. The van der Waals surface area contributed by atoms with Gasteiger partial charge >= 0.3 is 11.9 Å². The molecule has 0 saturated heterocycles. The van der Waals surface area contributed by atoms with E-state index in [-0.39, 0.29) is 19.0 Å². The Hall–Kier alpha value is -2.69. The average Bonchev–Trinajstić information content (AvgIpc) is 2.50. The van der Waals surface area contributed by atoms with Gasteiger partial charge in [0.1, 0.15) is 6.61 Å². The van der Waals surface area contributed by atoms with Crippen LogP contribution in [0.1, 0.15) is 17.3 Å². The zero-order chi connectivity index (χ0) is 15.5. The van der Waals surface area contributed by atoms with E-state index in [4.69, 9.17) is 4.74 Å². The Bertz CT molecular complexity index is 543. The van der Waals surface area contributed by atoms with Crippen molar-refractivity contribution in [2.24, 2.45) is 0 Å².